The van der Waals surface area contributed by atoms with Crippen molar-refractivity contribution in [3.8, 4) is 0 Å². The van der Waals surface area contributed by atoms with Crippen LogP contribution in [0.25, 0.3) is 0 Å². The van der Waals surface area contributed by atoms with Crippen LogP contribution in [0.15, 0.2) is 24.4 Å². The first-order chi connectivity index (χ1) is 8.68. The summed E-state index contributed by atoms with van der Waals surface area (Å²) in [6.45, 7) is 1.95. The summed E-state index contributed by atoms with van der Waals surface area (Å²) in [5.74, 6) is 0.0327. The highest BCUT2D eigenvalue weighted by Crippen LogP contribution is 2.23. The molecule has 4 nitrogen and oxygen atoms in total. The maximum Gasteiger partial charge on any atom is 0.225 e. The molecule has 18 heavy (non-hydrogen) atoms. The van der Waals surface area contributed by atoms with Crippen molar-refractivity contribution in [3.63, 3.8) is 0 Å². The number of pyridine rings is 1. The molecule has 0 radical (unpaired) electrons. The van der Waals surface area contributed by atoms with E-state index in [1.54, 1.807) is 6.20 Å². The van der Waals surface area contributed by atoms with E-state index in [0.29, 0.717) is 0 Å². The Kier molecular flexibility index (Phi) is 4.31. The first-order valence-corrected chi connectivity index (χ1v) is 6.65. The largest absolute Gasteiger partial charge is 0.348 e. The summed E-state index contributed by atoms with van der Waals surface area (Å²) in [5.41, 5.74) is 6.90. The average Bonchev–Trinajstić information content (AvgIpc) is 2.40. The molecule has 4 heteroatoms. The van der Waals surface area contributed by atoms with Gasteiger partial charge in [-0.2, -0.15) is 0 Å². The smallest absolute Gasteiger partial charge is 0.225 e. The van der Waals surface area contributed by atoms with E-state index >= 15 is 0 Å². The first kappa shape index (κ1) is 13.0. The molecule has 3 N–H and O–H groups in total. The van der Waals surface area contributed by atoms with Crippen molar-refractivity contribution in [2.75, 3.05) is 0 Å². The third-order valence-electron chi connectivity index (χ3n) is 3.65. The highest BCUT2D eigenvalue weighted by Gasteiger charge is 2.29. The number of carbonyl (C=O) groups is 1. The van der Waals surface area contributed by atoms with Gasteiger partial charge in [-0.25, -0.2) is 0 Å². The van der Waals surface area contributed by atoms with E-state index in [-0.39, 0.29) is 23.9 Å². The third kappa shape index (κ3) is 3.07. The van der Waals surface area contributed by atoms with Gasteiger partial charge in [-0.1, -0.05) is 18.9 Å². The number of rotatable bonds is 3. The molecule has 3 atom stereocenters. The van der Waals surface area contributed by atoms with Gasteiger partial charge in [0.25, 0.3) is 0 Å². The van der Waals surface area contributed by atoms with Crippen molar-refractivity contribution >= 4 is 5.91 Å². The van der Waals surface area contributed by atoms with Crippen molar-refractivity contribution in [3.05, 3.63) is 30.1 Å². The van der Waals surface area contributed by atoms with Gasteiger partial charge in [0, 0.05) is 12.2 Å². The monoisotopic (exact) mass is 247 g/mol. The Morgan fingerprint density at radius 3 is 2.89 bits per heavy atom. The van der Waals surface area contributed by atoms with Crippen LogP contribution >= 0.6 is 0 Å². The summed E-state index contributed by atoms with van der Waals surface area (Å²) in [6.07, 6.45) is 5.84. The molecule has 1 aliphatic rings. The molecule has 0 aliphatic heterocycles. The van der Waals surface area contributed by atoms with Crippen LogP contribution in [0, 0.1) is 5.92 Å². The predicted octanol–water partition coefficient (Wildman–Crippen LogP) is 1.78. The van der Waals surface area contributed by atoms with Gasteiger partial charge in [-0.05, 0) is 31.9 Å². The van der Waals surface area contributed by atoms with Crippen molar-refractivity contribution in [2.24, 2.45) is 11.7 Å². The molecule has 3 unspecified atom stereocenters. The molecule has 2 rings (SSSR count). The molecule has 0 spiro atoms. The quantitative estimate of drug-likeness (QED) is 0.855. The molecule has 98 valence electrons. The van der Waals surface area contributed by atoms with Gasteiger partial charge in [0.1, 0.15) is 0 Å². The van der Waals surface area contributed by atoms with E-state index in [9.17, 15) is 4.79 Å². The van der Waals surface area contributed by atoms with Crippen molar-refractivity contribution in [1.82, 2.24) is 10.3 Å². The van der Waals surface area contributed by atoms with Gasteiger partial charge in [0.2, 0.25) is 5.91 Å². The van der Waals surface area contributed by atoms with Crippen molar-refractivity contribution in [2.45, 2.75) is 44.7 Å². The Hall–Kier alpha value is -1.42. The van der Waals surface area contributed by atoms with E-state index in [2.05, 4.69) is 10.3 Å². The molecule has 1 amide bonds. The van der Waals surface area contributed by atoms with Crippen LogP contribution in [-0.4, -0.2) is 16.9 Å². The number of nitrogens with zero attached hydrogens (tertiary/aromatic N) is 1. The minimum absolute atomic E-state index is 0.00897. The van der Waals surface area contributed by atoms with Crippen LogP contribution in [-0.2, 0) is 4.79 Å². The maximum absolute atomic E-state index is 12.2. The Balaban J connectivity index is 1.94. The summed E-state index contributed by atoms with van der Waals surface area (Å²) in [6, 6.07) is 5.67. The van der Waals surface area contributed by atoms with Crippen LogP contribution in [0.5, 0.6) is 0 Å². The fourth-order valence-electron chi connectivity index (χ4n) is 2.51. The van der Waals surface area contributed by atoms with Crippen LogP contribution < -0.4 is 11.1 Å². The number of aromatic nitrogens is 1. The molecular weight excluding hydrogens is 226 g/mol. The zero-order valence-electron chi connectivity index (χ0n) is 10.8. The molecule has 0 saturated heterocycles. The SMILES string of the molecule is CC(NC(=O)C1CCCCC1N)c1ccccn1. The van der Waals surface area contributed by atoms with E-state index in [1.165, 1.54) is 0 Å². The molecule has 0 bridgehead atoms. The highest BCUT2D eigenvalue weighted by atomic mass is 16.2. The Bertz CT molecular complexity index is 393. The molecule has 1 aromatic rings. The normalized spacial score (nSPS) is 25.4. The fraction of sp³-hybridized carbons (Fsp3) is 0.571. The lowest BCUT2D eigenvalue weighted by molar-refractivity contribution is -0.127. The minimum Gasteiger partial charge on any atom is -0.348 e. The predicted molar refractivity (Wildman–Crippen MR) is 70.7 cm³/mol. The summed E-state index contributed by atoms with van der Waals surface area (Å²) in [5, 5.41) is 3.01. The molecule has 0 aromatic carbocycles. The lowest BCUT2D eigenvalue weighted by Gasteiger charge is -2.28. The van der Waals surface area contributed by atoms with Crippen molar-refractivity contribution in [1.29, 1.82) is 0 Å². The Morgan fingerprint density at radius 2 is 2.22 bits per heavy atom. The van der Waals surface area contributed by atoms with Crippen LogP contribution in [0.1, 0.15) is 44.3 Å². The number of carbonyl (C=O) groups excluding carboxylic acids is 1. The lowest BCUT2D eigenvalue weighted by Crippen LogP contribution is -2.44. The molecule has 1 aromatic heterocycles. The third-order valence-corrected chi connectivity index (χ3v) is 3.65. The summed E-state index contributed by atoms with van der Waals surface area (Å²) >= 11 is 0. The van der Waals surface area contributed by atoms with Gasteiger partial charge >= 0.3 is 0 Å². The topological polar surface area (TPSA) is 68.0 Å². The first-order valence-electron chi connectivity index (χ1n) is 6.65. The zero-order chi connectivity index (χ0) is 13.0. The fourth-order valence-corrected chi connectivity index (χ4v) is 2.51. The van der Waals surface area contributed by atoms with Gasteiger partial charge < -0.3 is 11.1 Å². The van der Waals surface area contributed by atoms with Gasteiger partial charge in [-0.15, -0.1) is 0 Å². The molecular formula is C14H21N3O. The number of nitrogens with one attached hydrogen (secondary N) is 1. The summed E-state index contributed by atoms with van der Waals surface area (Å²) in [7, 11) is 0. The second-order valence-corrected chi connectivity index (χ2v) is 5.04. The van der Waals surface area contributed by atoms with Gasteiger partial charge in [-0.3, -0.25) is 9.78 Å². The van der Waals surface area contributed by atoms with Crippen LogP contribution in [0.3, 0.4) is 0 Å². The highest BCUT2D eigenvalue weighted by molar-refractivity contribution is 5.79. The summed E-state index contributed by atoms with van der Waals surface area (Å²) < 4.78 is 0. The number of amides is 1. The number of nitrogens with two attached hydrogens (primary N) is 1. The molecule has 1 aliphatic carbocycles. The van der Waals surface area contributed by atoms with E-state index in [1.807, 2.05) is 25.1 Å². The zero-order valence-corrected chi connectivity index (χ0v) is 10.8. The minimum atomic E-state index is -0.0622. The standard InChI is InChI=1S/C14H21N3O/c1-10(13-8-4-5-9-16-13)17-14(18)11-6-2-3-7-12(11)15/h4-5,8-12H,2-3,6-7,15H2,1H3,(H,17,18). The van der Waals surface area contributed by atoms with E-state index in [4.69, 9.17) is 5.73 Å². The molecule has 1 saturated carbocycles. The number of hydrogen-bond acceptors (Lipinski definition) is 3. The van der Waals surface area contributed by atoms with E-state index < -0.39 is 0 Å². The molecule has 1 heterocycles. The van der Waals surface area contributed by atoms with Crippen molar-refractivity contribution < 1.29 is 4.79 Å². The van der Waals surface area contributed by atoms with Gasteiger partial charge in [0.05, 0.1) is 17.7 Å². The Labute approximate surface area is 108 Å². The molecule has 1 fully saturated rings. The maximum atomic E-state index is 12.2. The lowest BCUT2D eigenvalue weighted by atomic mass is 9.84. The van der Waals surface area contributed by atoms with E-state index in [0.717, 1.165) is 31.4 Å². The summed E-state index contributed by atoms with van der Waals surface area (Å²) in [4.78, 5) is 16.4. The van der Waals surface area contributed by atoms with Crippen LogP contribution in [0.4, 0.5) is 0 Å². The number of hydrogen-bond donors (Lipinski definition) is 2. The second-order valence-electron chi connectivity index (χ2n) is 5.04. The van der Waals surface area contributed by atoms with Crippen LogP contribution in [0.2, 0.25) is 0 Å². The Morgan fingerprint density at radius 1 is 1.44 bits per heavy atom. The van der Waals surface area contributed by atoms with Gasteiger partial charge in [0.15, 0.2) is 0 Å². The average molecular weight is 247 g/mol. The second kappa shape index (κ2) is 5.96.